The zero-order valence-electron chi connectivity index (χ0n) is 10.7. The standard InChI is InChI=1S/C14H20O3/c1-14(2)6-9(15)10-7-4-5-8(12(7)14)11(10)13(16)17-3/h7-8,10-12H,4-6H2,1-3H3/t7-,8+,10+,11-,12+/m0/s1. The molecule has 3 heteroatoms. The third kappa shape index (κ3) is 1.28. The smallest absolute Gasteiger partial charge is 0.309 e. The molecule has 0 saturated heterocycles. The number of methoxy groups -OCH3 is 1. The monoisotopic (exact) mass is 236 g/mol. The molecule has 0 radical (unpaired) electrons. The topological polar surface area (TPSA) is 43.4 Å². The molecule has 3 aliphatic rings. The van der Waals surface area contributed by atoms with Gasteiger partial charge < -0.3 is 4.74 Å². The van der Waals surface area contributed by atoms with Gasteiger partial charge in [-0.15, -0.1) is 0 Å². The van der Waals surface area contributed by atoms with E-state index >= 15 is 0 Å². The first-order chi connectivity index (χ1) is 7.97. The lowest BCUT2D eigenvalue weighted by atomic mass is 9.64. The number of carbonyl (C=O) groups is 2. The van der Waals surface area contributed by atoms with Gasteiger partial charge in [0.15, 0.2) is 0 Å². The van der Waals surface area contributed by atoms with Gasteiger partial charge in [-0.1, -0.05) is 13.8 Å². The number of ketones is 1. The van der Waals surface area contributed by atoms with Crippen molar-refractivity contribution in [1.29, 1.82) is 0 Å². The van der Waals surface area contributed by atoms with Crippen molar-refractivity contribution in [3.63, 3.8) is 0 Å². The Morgan fingerprint density at radius 3 is 2.59 bits per heavy atom. The van der Waals surface area contributed by atoms with Crippen LogP contribution in [0.25, 0.3) is 0 Å². The zero-order chi connectivity index (χ0) is 12.4. The molecule has 94 valence electrons. The second kappa shape index (κ2) is 3.33. The van der Waals surface area contributed by atoms with Crippen LogP contribution in [0.4, 0.5) is 0 Å². The van der Waals surface area contributed by atoms with E-state index in [0.29, 0.717) is 30.0 Å². The molecule has 3 saturated carbocycles. The third-order valence-corrected chi connectivity index (χ3v) is 5.44. The molecular weight excluding hydrogens is 216 g/mol. The Balaban J connectivity index is 2.03. The molecular formula is C14H20O3. The molecule has 0 amide bonds. The van der Waals surface area contributed by atoms with Crippen LogP contribution >= 0.6 is 0 Å². The van der Waals surface area contributed by atoms with Gasteiger partial charge in [0.1, 0.15) is 5.78 Å². The van der Waals surface area contributed by atoms with Gasteiger partial charge >= 0.3 is 5.97 Å². The second-order valence-electron chi connectivity index (χ2n) is 6.64. The molecule has 0 aromatic rings. The number of carbonyl (C=O) groups excluding carboxylic acids is 2. The lowest BCUT2D eigenvalue weighted by Crippen LogP contribution is -2.40. The Bertz CT molecular complexity index is 385. The van der Waals surface area contributed by atoms with Crippen LogP contribution in [0.5, 0.6) is 0 Å². The Morgan fingerprint density at radius 2 is 1.94 bits per heavy atom. The Hall–Kier alpha value is -0.860. The van der Waals surface area contributed by atoms with Crippen LogP contribution in [-0.2, 0) is 14.3 Å². The van der Waals surface area contributed by atoms with Crippen molar-refractivity contribution in [2.45, 2.75) is 33.1 Å². The molecule has 3 rings (SSSR count). The van der Waals surface area contributed by atoms with E-state index in [0.717, 1.165) is 12.8 Å². The first kappa shape index (κ1) is 11.2. The van der Waals surface area contributed by atoms with Crippen molar-refractivity contribution < 1.29 is 14.3 Å². The molecule has 5 atom stereocenters. The van der Waals surface area contributed by atoms with Crippen LogP contribution in [0, 0.1) is 35.0 Å². The normalized spacial score (nSPS) is 46.1. The van der Waals surface area contributed by atoms with Gasteiger partial charge in [-0.2, -0.15) is 0 Å². The van der Waals surface area contributed by atoms with E-state index in [1.165, 1.54) is 7.11 Å². The summed E-state index contributed by atoms with van der Waals surface area (Å²) in [6, 6.07) is 0. The molecule has 0 aromatic heterocycles. The molecule has 0 heterocycles. The Morgan fingerprint density at radius 1 is 1.29 bits per heavy atom. The third-order valence-electron chi connectivity index (χ3n) is 5.44. The lowest BCUT2D eigenvalue weighted by molar-refractivity contribution is -0.152. The maximum atomic E-state index is 12.3. The van der Waals surface area contributed by atoms with Gasteiger partial charge in [-0.3, -0.25) is 9.59 Å². The molecule has 0 spiro atoms. The number of hydrogen-bond donors (Lipinski definition) is 0. The average Bonchev–Trinajstić information content (AvgIpc) is 2.79. The van der Waals surface area contributed by atoms with Crippen LogP contribution in [0.15, 0.2) is 0 Å². The SMILES string of the molecule is COC(=O)[C@H]1[C@H]2CC[C@H]3[C@@H]1C(=O)CC(C)(C)[C@@H]23. The maximum Gasteiger partial charge on any atom is 0.309 e. The number of rotatable bonds is 1. The van der Waals surface area contributed by atoms with Crippen LogP contribution < -0.4 is 0 Å². The van der Waals surface area contributed by atoms with Gasteiger partial charge in [0.05, 0.1) is 13.0 Å². The van der Waals surface area contributed by atoms with Crippen LogP contribution in [0.1, 0.15) is 33.1 Å². The molecule has 3 fully saturated rings. The molecule has 17 heavy (non-hydrogen) atoms. The van der Waals surface area contributed by atoms with Gasteiger partial charge in [0.25, 0.3) is 0 Å². The summed E-state index contributed by atoms with van der Waals surface area (Å²) >= 11 is 0. The van der Waals surface area contributed by atoms with Crippen molar-refractivity contribution in [2.75, 3.05) is 7.11 Å². The van der Waals surface area contributed by atoms with Gasteiger partial charge in [-0.25, -0.2) is 0 Å². The summed E-state index contributed by atoms with van der Waals surface area (Å²) in [4.78, 5) is 24.2. The molecule has 4 bridgehead atoms. The summed E-state index contributed by atoms with van der Waals surface area (Å²) in [6.45, 7) is 4.38. The highest BCUT2D eigenvalue weighted by Gasteiger charge is 2.66. The summed E-state index contributed by atoms with van der Waals surface area (Å²) in [5.41, 5.74) is 0.0716. The van der Waals surface area contributed by atoms with Gasteiger partial charge in [0.2, 0.25) is 0 Å². The molecule has 0 aliphatic heterocycles. The molecule has 3 aliphatic carbocycles. The summed E-state index contributed by atoms with van der Waals surface area (Å²) < 4.78 is 4.92. The van der Waals surface area contributed by atoms with Gasteiger partial charge in [0, 0.05) is 12.3 Å². The van der Waals surface area contributed by atoms with Gasteiger partial charge in [-0.05, 0) is 36.0 Å². The van der Waals surface area contributed by atoms with E-state index in [-0.39, 0.29) is 23.2 Å². The van der Waals surface area contributed by atoms with E-state index < -0.39 is 0 Å². The minimum Gasteiger partial charge on any atom is -0.469 e. The predicted octanol–water partition coefficient (Wildman–Crippen LogP) is 2.05. The second-order valence-corrected chi connectivity index (χ2v) is 6.64. The van der Waals surface area contributed by atoms with Crippen LogP contribution in [0.3, 0.4) is 0 Å². The number of hydrogen-bond acceptors (Lipinski definition) is 3. The highest BCUT2D eigenvalue weighted by Crippen LogP contribution is 2.66. The fourth-order valence-corrected chi connectivity index (χ4v) is 5.14. The zero-order valence-corrected chi connectivity index (χ0v) is 10.7. The summed E-state index contributed by atoms with van der Waals surface area (Å²) in [5.74, 6) is 1.36. The largest absolute Gasteiger partial charge is 0.469 e. The van der Waals surface area contributed by atoms with Crippen molar-refractivity contribution in [1.82, 2.24) is 0 Å². The van der Waals surface area contributed by atoms with Crippen molar-refractivity contribution in [3.8, 4) is 0 Å². The highest BCUT2D eigenvalue weighted by molar-refractivity contribution is 5.90. The van der Waals surface area contributed by atoms with Crippen molar-refractivity contribution in [3.05, 3.63) is 0 Å². The van der Waals surface area contributed by atoms with E-state index in [1.807, 2.05) is 0 Å². The number of ether oxygens (including phenoxy) is 1. The fourth-order valence-electron chi connectivity index (χ4n) is 5.14. The average molecular weight is 236 g/mol. The lowest BCUT2D eigenvalue weighted by Gasteiger charge is -2.39. The fraction of sp³-hybridized carbons (Fsp3) is 0.857. The number of Topliss-reactive ketones (excluding diaryl/α,β-unsaturated/α-hetero) is 1. The van der Waals surface area contributed by atoms with E-state index in [2.05, 4.69) is 13.8 Å². The molecule has 0 N–H and O–H groups in total. The maximum absolute atomic E-state index is 12.3. The summed E-state index contributed by atoms with van der Waals surface area (Å²) in [6.07, 6.45) is 2.87. The Kier molecular flexibility index (Phi) is 2.20. The molecule has 0 aromatic carbocycles. The highest BCUT2D eigenvalue weighted by atomic mass is 16.5. The minimum atomic E-state index is -0.154. The van der Waals surface area contributed by atoms with E-state index in [9.17, 15) is 9.59 Å². The van der Waals surface area contributed by atoms with E-state index in [1.54, 1.807) is 0 Å². The Labute approximate surface area is 102 Å². The van der Waals surface area contributed by atoms with Crippen molar-refractivity contribution in [2.24, 2.45) is 35.0 Å². The quantitative estimate of drug-likeness (QED) is 0.654. The number of esters is 1. The van der Waals surface area contributed by atoms with Crippen LogP contribution in [0.2, 0.25) is 0 Å². The first-order valence-electron chi connectivity index (χ1n) is 6.58. The predicted molar refractivity (Wildman–Crippen MR) is 62.1 cm³/mol. The van der Waals surface area contributed by atoms with Crippen molar-refractivity contribution >= 4 is 11.8 Å². The molecule has 3 nitrogen and oxygen atoms in total. The van der Waals surface area contributed by atoms with E-state index in [4.69, 9.17) is 4.74 Å². The molecule has 0 unspecified atom stereocenters. The van der Waals surface area contributed by atoms with Crippen LogP contribution in [-0.4, -0.2) is 18.9 Å². The first-order valence-corrected chi connectivity index (χ1v) is 6.58. The minimum absolute atomic E-state index is 0.0285. The summed E-state index contributed by atoms with van der Waals surface area (Å²) in [5, 5.41) is 0. The summed E-state index contributed by atoms with van der Waals surface area (Å²) in [7, 11) is 1.44.